The van der Waals surface area contributed by atoms with Crippen molar-refractivity contribution in [1.82, 2.24) is 24.7 Å². The van der Waals surface area contributed by atoms with Gasteiger partial charge in [0, 0.05) is 30.4 Å². The maximum absolute atomic E-state index is 12.5. The lowest BCUT2D eigenvalue weighted by molar-refractivity contribution is -0.122. The lowest BCUT2D eigenvalue weighted by atomic mass is 10.1. The van der Waals surface area contributed by atoms with Crippen LogP contribution in [-0.2, 0) is 27.9 Å². The van der Waals surface area contributed by atoms with Crippen LogP contribution >= 0.6 is 0 Å². The molecule has 2 heterocycles. The number of rotatable bonds is 8. The Hall–Kier alpha value is -2.23. The Morgan fingerprint density at radius 3 is 2.67 bits per heavy atom. The minimum absolute atomic E-state index is 0.0652. The fourth-order valence-corrected chi connectivity index (χ4v) is 4.74. The summed E-state index contributed by atoms with van der Waals surface area (Å²) in [7, 11) is -3.24. The van der Waals surface area contributed by atoms with Gasteiger partial charge in [0.2, 0.25) is 15.9 Å². The number of likely N-dealkylation sites (tertiary alicyclic amines) is 1. The van der Waals surface area contributed by atoms with Gasteiger partial charge in [-0.25, -0.2) is 13.1 Å². The van der Waals surface area contributed by atoms with Gasteiger partial charge in [-0.2, -0.15) is 5.10 Å². The summed E-state index contributed by atoms with van der Waals surface area (Å²) in [5.41, 5.74) is 4.18. The highest BCUT2D eigenvalue weighted by atomic mass is 32.2. The van der Waals surface area contributed by atoms with Gasteiger partial charge in [0.15, 0.2) is 0 Å². The molecule has 1 aromatic carbocycles. The number of hydrogen-bond donors (Lipinski definition) is 2. The van der Waals surface area contributed by atoms with Gasteiger partial charge in [0.1, 0.15) is 0 Å². The van der Waals surface area contributed by atoms with E-state index in [9.17, 15) is 13.2 Å². The summed E-state index contributed by atoms with van der Waals surface area (Å²) in [6, 6.07) is 10.0. The minimum Gasteiger partial charge on any atom is -0.351 e. The largest absolute Gasteiger partial charge is 0.351 e. The van der Waals surface area contributed by atoms with Crippen LogP contribution in [0.1, 0.15) is 35.4 Å². The summed E-state index contributed by atoms with van der Waals surface area (Å²) in [4.78, 5) is 14.5. The highest BCUT2D eigenvalue weighted by Gasteiger charge is 2.24. The summed E-state index contributed by atoms with van der Waals surface area (Å²) < 4.78 is 27.5. The van der Waals surface area contributed by atoms with Crippen molar-refractivity contribution in [3.63, 3.8) is 0 Å². The van der Waals surface area contributed by atoms with Gasteiger partial charge in [-0.05, 0) is 38.8 Å². The third-order valence-electron chi connectivity index (χ3n) is 5.42. The molecule has 1 aliphatic heterocycles. The zero-order valence-corrected chi connectivity index (χ0v) is 18.7. The van der Waals surface area contributed by atoms with Gasteiger partial charge in [-0.15, -0.1) is 0 Å². The minimum atomic E-state index is -3.24. The Labute approximate surface area is 178 Å². The molecule has 1 amide bonds. The molecule has 8 nitrogen and oxygen atoms in total. The number of hydrogen-bond acceptors (Lipinski definition) is 5. The van der Waals surface area contributed by atoms with Crippen molar-refractivity contribution >= 4 is 15.9 Å². The highest BCUT2D eigenvalue weighted by Crippen LogP contribution is 2.15. The average Bonchev–Trinajstić information content (AvgIpc) is 2.93. The van der Waals surface area contributed by atoms with Crippen LogP contribution in [0.2, 0.25) is 0 Å². The molecule has 1 aromatic heterocycles. The molecule has 1 aliphatic rings. The second kappa shape index (κ2) is 9.72. The Morgan fingerprint density at radius 1 is 1.23 bits per heavy atom. The van der Waals surface area contributed by atoms with Crippen LogP contribution in [0.4, 0.5) is 0 Å². The van der Waals surface area contributed by atoms with Crippen molar-refractivity contribution in [1.29, 1.82) is 0 Å². The first kappa shape index (κ1) is 22.5. The van der Waals surface area contributed by atoms with E-state index in [0.717, 1.165) is 36.3 Å². The molecule has 1 fully saturated rings. The molecule has 0 saturated carbocycles. The van der Waals surface area contributed by atoms with E-state index in [2.05, 4.69) is 27.3 Å². The van der Waals surface area contributed by atoms with Crippen molar-refractivity contribution in [2.24, 2.45) is 0 Å². The SMILES string of the molecule is Cc1nn(Cc2ccccc2)c(C)c1CNC(=O)CN1CCCC(NS(C)(=O)=O)C1. The third-order valence-corrected chi connectivity index (χ3v) is 6.18. The van der Waals surface area contributed by atoms with Crippen molar-refractivity contribution in [3.8, 4) is 0 Å². The van der Waals surface area contributed by atoms with E-state index in [4.69, 9.17) is 0 Å². The first-order valence-corrected chi connectivity index (χ1v) is 12.1. The van der Waals surface area contributed by atoms with Crippen LogP contribution < -0.4 is 10.0 Å². The van der Waals surface area contributed by atoms with E-state index >= 15 is 0 Å². The van der Waals surface area contributed by atoms with E-state index < -0.39 is 10.0 Å². The first-order chi connectivity index (χ1) is 14.2. The molecule has 2 aromatic rings. The molecule has 0 aliphatic carbocycles. The molecule has 1 saturated heterocycles. The average molecular weight is 434 g/mol. The fraction of sp³-hybridized carbons (Fsp3) is 0.524. The van der Waals surface area contributed by atoms with Crippen LogP contribution in [0, 0.1) is 13.8 Å². The number of carbonyl (C=O) groups is 1. The van der Waals surface area contributed by atoms with Gasteiger partial charge in [0.05, 0.1) is 25.0 Å². The van der Waals surface area contributed by atoms with E-state index in [1.54, 1.807) is 0 Å². The van der Waals surface area contributed by atoms with Gasteiger partial charge in [0.25, 0.3) is 0 Å². The van der Waals surface area contributed by atoms with Crippen molar-refractivity contribution in [2.45, 2.75) is 45.8 Å². The Balaban J connectivity index is 1.53. The highest BCUT2D eigenvalue weighted by molar-refractivity contribution is 7.88. The maximum atomic E-state index is 12.5. The Morgan fingerprint density at radius 2 is 1.97 bits per heavy atom. The van der Waals surface area contributed by atoms with E-state index in [1.165, 1.54) is 11.8 Å². The number of carbonyl (C=O) groups excluding carboxylic acids is 1. The number of amides is 1. The van der Waals surface area contributed by atoms with Crippen molar-refractivity contribution < 1.29 is 13.2 Å². The molecule has 1 atom stereocenters. The zero-order chi connectivity index (χ0) is 21.7. The van der Waals surface area contributed by atoms with Crippen LogP contribution in [0.3, 0.4) is 0 Å². The number of aryl methyl sites for hydroxylation is 1. The fourth-order valence-electron chi connectivity index (χ4n) is 3.94. The van der Waals surface area contributed by atoms with Gasteiger partial charge >= 0.3 is 0 Å². The molecular formula is C21H31N5O3S. The standard InChI is InChI=1S/C21H31N5O3S/c1-16-20(17(2)26(23-16)13-18-8-5-4-6-9-18)12-22-21(27)15-25-11-7-10-19(14-25)24-30(3,28)29/h4-6,8-9,19,24H,7,10-15H2,1-3H3,(H,22,27). The number of nitrogens with one attached hydrogen (secondary N) is 2. The molecule has 3 rings (SSSR count). The summed E-state index contributed by atoms with van der Waals surface area (Å²) in [6.07, 6.45) is 2.83. The number of benzene rings is 1. The quantitative estimate of drug-likeness (QED) is 0.652. The maximum Gasteiger partial charge on any atom is 0.234 e. The van der Waals surface area contributed by atoms with Crippen LogP contribution in [0.15, 0.2) is 30.3 Å². The van der Waals surface area contributed by atoms with E-state index in [0.29, 0.717) is 19.6 Å². The first-order valence-electron chi connectivity index (χ1n) is 10.2. The summed E-state index contributed by atoms with van der Waals surface area (Å²) >= 11 is 0. The smallest absolute Gasteiger partial charge is 0.234 e. The lowest BCUT2D eigenvalue weighted by Crippen LogP contribution is -2.49. The van der Waals surface area contributed by atoms with Gasteiger partial charge < -0.3 is 5.32 Å². The molecule has 30 heavy (non-hydrogen) atoms. The molecule has 9 heteroatoms. The summed E-state index contributed by atoms with van der Waals surface area (Å²) in [6.45, 7) is 6.72. The zero-order valence-electron chi connectivity index (χ0n) is 17.9. The number of nitrogens with zero attached hydrogens (tertiary/aromatic N) is 3. The topological polar surface area (TPSA) is 96.3 Å². The third kappa shape index (κ3) is 6.38. The second-order valence-corrected chi connectivity index (χ2v) is 9.81. The normalized spacial score (nSPS) is 17.8. The molecule has 2 N–H and O–H groups in total. The number of aromatic nitrogens is 2. The van der Waals surface area contributed by atoms with Gasteiger partial charge in [-0.1, -0.05) is 30.3 Å². The van der Waals surface area contributed by atoms with Crippen LogP contribution in [-0.4, -0.2) is 60.9 Å². The molecule has 1 unspecified atom stereocenters. The molecule has 164 valence electrons. The number of piperidine rings is 1. The summed E-state index contributed by atoms with van der Waals surface area (Å²) in [5.74, 6) is -0.0652. The van der Waals surface area contributed by atoms with Crippen LogP contribution in [0.5, 0.6) is 0 Å². The van der Waals surface area contributed by atoms with Crippen molar-refractivity contribution in [3.05, 3.63) is 52.8 Å². The van der Waals surface area contributed by atoms with E-state index in [1.807, 2.05) is 41.6 Å². The predicted molar refractivity (Wildman–Crippen MR) is 117 cm³/mol. The van der Waals surface area contributed by atoms with E-state index in [-0.39, 0.29) is 18.5 Å². The Bertz CT molecular complexity index is 972. The predicted octanol–water partition coefficient (Wildman–Crippen LogP) is 1.18. The second-order valence-electron chi connectivity index (χ2n) is 8.03. The molecular weight excluding hydrogens is 402 g/mol. The molecule has 0 radical (unpaired) electrons. The van der Waals surface area contributed by atoms with Crippen molar-refractivity contribution in [2.75, 3.05) is 25.9 Å². The monoisotopic (exact) mass is 433 g/mol. The molecule has 0 spiro atoms. The number of sulfonamides is 1. The molecule has 0 bridgehead atoms. The lowest BCUT2D eigenvalue weighted by Gasteiger charge is -2.32. The van der Waals surface area contributed by atoms with Gasteiger partial charge in [-0.3, -0.25) is 14.4 Å². The Kier molecular flexibility index (Phi) is 7.27. The summed E-state index contributed by atoms with van der Waals surface area (Å²) in [5, 5.41) is 7.63. The van der Waals surface area contributed by atoms with Crippen LogP contribution in [0.25, 0.3) is 0 Å².